The molecular weight excluding hydrogens is 346 g/mol. The second-order valence-corrected chi connectivity index (χ2v) is 7.74. The van der Waals surface area contributed by atoms with Crippen LogP contribution in [0.15, 0.2) is 54.9 Å². The number of aromatic nitrogens is 2. The third-order valence-corrected chi connectivity index (χ3v) is 5.56. The number of benzene rings is 1. The van der Waals surface area contributed by atoms with Crippen LogP contribution in [0, 0.1) is 6.92 Å². The summed E-state index contributed by atoms with van der Waals surface area (Å²) in [4.78, 5) is 15.0. The third kappa shape index (κ3) is 3.70. The average molecular weight is 367 g/mol. The lowest BCUT2D eigenvalue weighted by Crippen LogP contribution is -2.42. The summed E-state index contributed by atoms with van der Waals surface area (Å²) >= 11 is 1.76. The van der Waals surface area contributed by atoms with E-state index in [1.807, 2.05) is 41.2 Å². The van der Waals surface area contributed by atoms with E-state index in [0.29, 0.717) is 6.54 Å². The summed E-state index contributed by atoms with van der Waals surface area (Å²) in [7, 11) is 0. The number of hydrogen-bond acceptors (Lipinski definition) is 5. The van der Waals surface area contributed by atoms with Crippen LogP contribution in [0.5, 0.6) is 0 Å². The van der Waals surface area contributed by atoms with Crippen LogP contribution in [0.25, 0.3) is 5.69 Å². The van der Waals surface area contributed by atoms with E-state index >= 15 is 0 Å². The largest absolute Gasteiger partial charge is 0.351 e. The first kappa shape index (κ1) is 17.0. The van der Waals surface area contributed by atoms with Crippen LogP contribution in [0.3, 0.4) is 0 Å². The Kier molecular flexibility index (Phi) is 4.83. The zero-order chi connectivity index (χ0) is 17.9. The molecule has 1 amide bonds. The predicted octanol–water partition coefficient (Wildman–Crippen LogP) is 2.47. The molecule has 2 atom stereocenters. The van der Waals surface area contributed by atoms with Gasteiger partial charge in [-0.2, -0.15) is 5.10 Å². The number of nitrogens with one attached hydrogen (secondary N) is 3. The summed E-state index contributed by atoms with van der Waals surface area (Å²) in [6, 6.07) is 14.1. The Labute approximate surface area is 156 Å². The molecular formula is C19H21N5OS. The van der Waals surface area contributed by atoms with Gasteiger partial charge in [0.15, 0.2) is 0 Å². The van der Waals surface area contributed by atoms with Gasteiger partial charge in [0, 0.05) is 28.1 Å². The van der Waals surface area contributed by atoms with Crippen LogP contribution in [-0.4, -0.2) is 21.7 Å². The molecule has 1 saturated heterocycles. The molecule has 3 aromatic rings. The molecule has 0 aliphatic carbocycles. The topological polar surface area (TPSA) is 71.0 Å². The molecule has 1 aliphatic heterocycles. The predicted molar refractivity (Wildman–Crippen MR) is 102 cm³/mol. The molecule has 2 unspecified atom stereocenters. The minimum Gasteiger partial charge on any atom is -0.351 e. The number of hydrogen-bond donors (Lipinski definition) is 3. The Balaban J connectivity index is 1.31. The molecule has 0 saturated carbocycles. The molecule has 0 radical (unpaired) electrons. The highest BCUT2D eigenvalue weighted by molar-refractivity contribution is 7.12. The van der Waals surface area contributed by atoms with Gasteiger partial charge in [0.1, 0.15) is 6.04 Å². The second-order valence-electron chi connectivity index (χ2n) is 6.42. The molecule has 1 aromatic carbocycles. The molecule has 0 bridgehead atoms. The number of carbonyl (C=O) groups excluding carboxylic acids is 1. The standard InChI is InChI=1S/C19H21N5OS/c1-13-7-8-18(26-13)16-9-17(23-22-16)19(25)20-10-14-11-21-24(12-14)15-5-3-2-4-6-15/h2-8,11-12,16-17,22-23H,9-10H2,1H3,(H,20,25). The van der Waals surface area contributed by atoms with Crippen molar-refractivity contribution in [2.45, 2.75) is 32.0 Å². The first-order chi connectivity index (χ1) is 12.7. The van der Waals surface area contributed by atoms with Crippen LogP contribution in [0.2, 0.25) is 0 Å². The van der Waals surface area contributed by atoms with Crippen LogP contribution in [-0.2, 0) is 11.3 Å². The number of thiophene rings is 1. The molecule has 26 heavy (non-hydrogen) atoms. The summed E-state index contributed by atoms with van der Waals surface area (Å²) < 4.78 is 1.81. The summed E-state index contributed by atoms with van der Waals surface area (Å²) in [6.07, 6.45) is 4.47. The van der Waals surface area contributed by atoms with Crippen LogP contribution in [0.1, 0.15) is 27.8 Å². The molecule has 7 heteroatoms. The van der Waals surface area contributed by atoms with E-state index in [-0.39, 0.29) is 18.0 Å². The van der Waals surface area contributed by atoms with E-state index in [9.17, 15) is 4.79 Å². The van der Waals surface area contributed by atoms with E-state index in [0.717, 1.165) is 17.7 Å². The molecule has 3 heterocycles. The van der Waals surface area contributed by atoms with Crippen molar-refractivity contribution in [1.82, 2.24) is 25.9 Å². The number of para-hydroxylation sites is 1. The Hall–Kier alpha value is -2.48. The highest BCUT2D eigenvalue weighted by Crippen LogP contribution is 2.28. The lowest BCUT2D eigenvalue weighted by molar-refractivity contribution is -0.123. The maximum atomic E-state index is 12.4. The van der Waals surface area contributed by atoms with Gasteiger partial charge >= 0.3 is 0 Å². The summed E-state index contributed by atoms with van der Waals surface area (Å²) in [5.74, 6) is 0.000684. The molecule has 6 nitrogen and oxygen atoms in total. The fourth-order valence-corrected chi connectivity index (χ4v) is 3.98. The average Bonchev–Trinajstić information content (AvgIpc) is 3.40. The van der Waals surface area contributed by atoms with Gasteiger partial charge in [-0.25, -0.2) is 15.5 Å². The fourth-order valence-electron chi connectivity index (χ4n) is 3.04. The minimum absolute atomic E-state index is 0.000684. The number of nitrogens with zero attached hydrogens (tertiary/aromatic N) is 2. The summed E-state index contributed by atoms with van der Waals surface area (Å²) in [6.45, 7) is 2.56. The number of carbonyl (C=O) groups is 1. The maximum absolute atomic E-state index is 12.4. The van der Waals surface area contributed by atoms with Gasteiger partial charge in [-0.3, -0.25) is 4.79 Å². The van der Waals surface area contributed by atoms with Gasteiger partial charge in [-0.1, -0.05) is 18.2 Å². The minimum atomic E-state index is -0.230. The highest BCUT2D eigenvalue weighted by Gasteiger charge is 2.30. The van der Waals surface area contributed by atoms with Gasteiger partial charge in [0.05, 0.1) is 17.9 Å². The lowest BCUT2D eigenvalue weighted by atomic mass is 10.1. The molecule has 134 valence electrons. The van der Waals surface area contributed by atoms with Crippen LogP contribution >= 0.6 is 11.3 Å². The normalized spacial score (nSPS) is 19.6. The van der Waals surface area contributed by atoms with Crippen molar-refractivity contribution >= 4 is 17.2 Å². The molecule has 3 N–H and O–H groups in total. The van der Waals surface area contributed by atoms with E-state index in [1.54, 1.807) is 17.5 Å². The summed E-state index contributed by atoms with van der Waals surface area (Å²) in [5, 5.41) is 7.35. The van der Waals surface area contributed by atoms with Crippen molar-refractivity contribution < 1.29 is 4.79 Å². The molecule has 1 aliphatic rings. The van der Waals surface area contributed by atoms with Crippen LogP contribution < -0.4 is 16.2 Å². The molecule has 4 rings (SSSR count). The van der Waals surface area contributed by atoms with Crippen molar-refractivity contribution in [2.24, 2.45) is 0 Å². The number of amides is 1. The van der Waals surface area contributed by atoms with Crippen molar-refractivity contribution in [3.05, 3.63) is 70.2 Å². The first-order valence-corrected chi connectivity index (χ1v) is 9.45. The highest BCUT2D eigenvalue weighted by atomic mass is 32.1. The van der Waals surface area contributed by atoms with Crippen molar-refractivity contribution in [3.8, 4) is 5.69 Å². The van der Waals surface area contributed by atoms with Crippen molar-refractivity contribution in [1.29, 1.82) is 0 Å². The summed E-state index contributed by atoms with van der Waals surface area (Å²) in [5.41, 5.74) is 8.30. The Morgan fingerprint density at radius 1 is 1.27 bits per heavy atom. The Morgan fingerprint density at radius 3 is 2.88 bits per heavy atom. The Morgan fingerprint density at radius 2 is 2.12 bits per heavy atom. The van der Waals surface area contributed by atoms with E-state index in [4.69, 9.17) is 0 Å². The molecule has 0 spiro atoms. The number of rotatable bonds is 5. The van der Waals surface area contributed by atoms with Gasteiger partial charge in [-0.05, 0) is 37.6 Å². The first-order valence-electron chi connectivity index (χ1n) is 8.63. The molecule has 1 fully saturated rings. The maximum Gasteiger partial charge on any atom is 0.238 e. The number of aryl methyl sites for hydroxylation is 1. The third-order valence-electron chi connectivity index (χ3n) is 4.45. The van der Waals surface area contributed by atoms with E-state index in [2.05, 4.69) is 40.3 Å². The monoisotopic (exact) mass is 367 g/mol. The smallest absolute Gasteiger partial charge is 0.238 e. The quantitative estimate of drug-likeness (QED) is 0.648. The molecule has 2 aromatic heterocycles. The van der Waals surface area contributed by atoms with Crippen molar-refractivity contribution in [3.63, 3.8) is 0 Å². The van der Waals surface area contributed by atoms with Gasteiger partial charge in [0.25, 0.3) is 0 Å². The zero-order valence-electron chi connectivity index (χ0n) is 14.5. The Bertz CT molecular complexity index is 888. The number of hydrazine groups is 1. The SMILES string of the molecule is Cc1ccc(C2CC(C(=O)NCc3cnn(-c4ccccc4)c3)NN2)s1. The van der Waals surface area contributed by atoms with E-state index < -0.39 is 0 Å². The van der Waals surface area contributed by atoms with Crippen molar-refractivity contribution in [2.75, 3.05) is 0 Å². The lowest BCUT2D eigenvalue weighted by Gasteiger charge is -2.09. The van der Waals surface area contributed by atoms with E-state index in [1.165, 1.54) is 9.75 Å². The fraction of sp³-hybridized carbons (Fsp3) is 0.263. The zero-order valence-corrected chi connectivity index (χ0v) is 15.3. The van der Waals surface area contributed by atoms with Crippen LogP contribution in [0.4, 0.5) is 0 Å². The van der Waals surface area contributed by atoms with Gasteiger partial charge in [0.2, 0.25) is 5.91 Å². The second kappa shape index (κ2) is 7.41. The van der Waals surface area contributed by atoms with Gasteiger partial charge < -0.3 is 5.32 Å². The van der Waals surface area contributed by atoms with Gasteiger partial charge in [-0.15, -0.1) is 11.3 Å².